The Labute approximate surface area is 127 Å². The average Bonchev–Trinajstić information content (AvgIpc) is 2.62. The zero-order valence-corrected chi connectivity index (χ0v) is 12.6. The summed E-state index contributed by atoms with van der Waals surface area (Å²) < 4.78 is 0. The fourth-order valence-electron chi connectivity index (χ4n) is 1.45. The van der Waals surface area contributed by atoms with Gasteiger partial charge in [0, 0.05) is 10.7 Å². The third-order valence-corrected chi connectivity index (χ3v) is 4.07. The van der Waals surface area contributed by atoms with E-state index < -0.39 is 5.91 Å². The van der Waals surface area contributed by atoms with E-state index in [1.165, 1.54) is 12.1 Å². The van der Waals surface area contributed by atoms with Gasteiger partial charge in [0.1, 0.15) is 4.88 Å². The summed E-state index contributed by atoms with van der Waals surface area (Å²) >= 11 is 18.5. The summed E-state index contributed by atoms with van der Waals surface area (Å²) in [7, 11) is 0. The Morgan fingerprint density at radius 2 is 1.84 bits per heavy atom. The zero-order valence-electron chi connectivity index (χ0n) is 9.51. The summed E-state index contributed by atoms with van der Waals surface area (Å²) in [5, 5.41) is 3.39. The van der Waals surface area contributed by atoms with Crippen LogP contribution in [-0.4, -0.2) is 10.9 Å². The highest BCUT2D eigenvalue weighted by molar-refractivity contribution is 7.11. The zero-order chi connectivity index (χ0) is 14.2. The van der Waals surface area contributed by atoms with Gasteiger partial charge in [0.15, 0.2) is 0 Å². The Kier molecular flexibility index (Phi) is 4.20. The van der Waals surface area contributed by atoms with Crippen molar-refractivity contribution in [2.24, 2.45) is 0 Å². The molecule has 0 aliphatic rings. The molecule has 1 aromatic heterocycles. The number of rotatable bonds is 2. The van der Waals surface area contributed by atoms with Crippen molar-refractivity contribution < 1.29 is 4.79 Å². The molecule has 0 unspecified atom stereocenters. The van der Waals surface area contributed by atoms with E-state index in [1.807, 2.05) is 0 Å². The number of anilines is 1. The number of benzene rings is 1. The minimum Gasteiger partial charge on any atom is -0.319 e. The SMILES string of the molecule is Cc1[nH]c(=O)sc1C(=O)Nc1c(Cl)cc(Cl)cc1Cl. The molecule has 19 heavy (non-hydrogen) atoms. The van der Waals surface area contributed by atoms with Crippen LogP contribution in [0.1, 0.15) is 15.4 Å². The van der Waals surface area contributed by atoms with E-state index >= 15 is 0 Å². The van der Waals surface area contributed by atoms with Crippen LogP contribution in [0.3, 0.4) is 0 Å². The van der Waals surface area contributed by atoms with Crippen LogP contribution in [0.2, 0.25) is 15.1 Å². The number of aryl methyl sites for hydroxylation is 1. The molecule has 2 aromatic rings. The number of thiazole rings is 1. The maximum atomic E-state index is 12.0. The van der Waals surface area contributed by atoms with Crippen molar-refractivity contribution in [2.75, 3.05) is 5.32 Å². The lowest BCUT2D eigenvalue weighted by molar-refractivity contribution is 0.103. The van der Waals surface area contributed by atoms with Crippen LogP contribution in [0.5, 0.6) is 0 Å². The largest absolute Gasteiger partial charge is 0.319 e. The van der Waals surface area contributed by atoms with Gasteiger partial charge < -0.3 is 10.3 Å². The Morgan fingerprint density at radius 3 is 2.32 bits per heavy atom. The van der Waals surface area contributed by atoms with Gasteiger partial charge in [-0.3, -0.25) is 9.59 Å². The summed E-state index contributed by atoms with van der Waals surface area (Å²) in [5.41, 5.74) is 0.756. The van der Waals surface area contributed by atoms with Crippen molar-refractivity contribution in [1.29, 1.82) is 0 Å². The molecule has 0 saturated carbocycles. The van der Waals surface area contributed by atoms with Crippen LogP contribution < -0.4 is 10.2 Å². The molecule has 0 saturated heterocycles. The van der Waals surface area contributed by atoms with Gasteiger partial charge in [0.05, 0.1) is 15.7 Å². The van der Waals surface area contributed by atoms with Gasteiger partial charge in [-0.1, -0.05) is 46.1 Å². The predicted octanol–water partition coefficient (Wildman–Crippen LogP) is 3.96. The van der Waals surface area contributed by atoms with Gasteiger partial charge in [-0.15, -0.1) is 0 Å². The number of nitrogens with one attached hydrogen (secondary N) is 2. The molecule has 0 spiro atoms. The molecule has 0 aliphatic heterocycles. The van der Waals surface area contributed by atoms with E-state index in [1.54, 1.807) is 6.92 Å². The summed E-state index contributed by atoms with van der Waals surface area (Å²) in [5.74, 6) is -0.452. The molecule has 0 atom stereocenters. The number of halogens is 3. The first-order valence-electron chi connectivity index (χ1n) is 5.04. The van der Waals surface area contributed by atoms with Crippen molar-refractivity contribution in [1.82, 2.24) is 4.98 Å². The molecule has 2 rings (SSSR count). The van der Waals surface area contributed by atoms with E-state index in [-0.39, 0.29) is 25.5 Å². The van der Waals surface area contributed by atoms with Crippen LogP contribution in [0, 0.1) is 6.92 Å². The van der Waals surface area contributed by atoms with E-state index in [4.69, 9.17) is 34.8 Å². The molecule has 1 amide bonds. The molecule has 0 radical (unpaired) electrons. The van der Waals surface area contributed by atoms with E-state index in [0.29, 0.717) is 10.7 Å². The van der Waals surface area contributed by atoms with Crippen molar-refractivity contribution in [3.05, 3.63) is 47.4 Å². The molecule has 2 N–H and O–H groups in total. The second-order valence-electron chi connectivity index (χ2n) is 3.67. The van der Waals surface area contributed by atoms with Gasteiger partial charge in [0.2, 0.25) is 0 Å². The lowest BCUT2D eigenvalue weighted by Crippen LogP contribution is -2.12. The maximum Gasteiger partial charge on any atom is 0.305 e. The van der Waals surface area contributed by atoms with E-state index in [2.05, 4.69) is 10.3 Å². The standard InChI is InChI=1S/C11H7Cl3N2O2S/c1-4-9(19-11(18)15-4)10(17)16-8-6(13)2-5(12)3-7(8)14/h2-3H,1H3,(H,15,18)(H,16,17). The minimum atomic E-state index is -0.452. The first-order chi connectivity index (χ1) is 8.88. The van der Waals surface area contributed by atoms with E-state index in [0.717, 1.165) is 11.3 Å². The first-order valence-corrected chi connectivity index (χ1v) is 6.99. The van der Waals surface area contributed by atoms with Gasteiger partial charge in [0.25, 0.3) is 5.91 Å². The van der Waals surface area contributed by atoms with Gasteiger partial charge in [-0.05, 0) is 19.1 Å². The second-order valence-corrected chi connectivity index (χ2v) is 5.90. The fraction of sp³-hybridized carbons (Fsp3) is 0.0909. The highest BCUT2D eigenvalue weighted by Gasteiger charge is 2.16. The summed E-state index contributed by atoms with van der Waals surface area (Å²) in [6, 6.07) is 2.94. The van der Waals surface area contributed by atoms with Crippen molar-refractivity contribution in [2.45, 2.75) is 6.92 Å². The maximum absolute atomic E-state index is 12.0. The van der Waals surface area contributed by atoms with Gasteiger partial charge in [-0.25, -0.2) is 0 Å². The van der Waals surface area contributed by atoms with Crippen molar-refractivity contribution in [3.63, 3.8) is 0 Å². The Morgan fingerprint density at radius 1 is 1.26 bits per heavy atom. The Bertz CT molecular complexity index is 685. The summed E-state index contributed by atoms with van der Waals surface area (Å²) in [4.78, 5) is 25.7. The molecular formula is C11H7Cl3N2O2S. The molecule has 100 valence electrons. The topological polar surface area (TPSA) is 62.0 Å². The molecule has 0 aliphatic carbocycles. The highest BCUT2D eigenvalue weighted by Crippen LogP contribution is 2.34. The third-order valence-electron chi connectivity index (χ3n) is 2.28. The molecular weight excluding hydrogens is 331 g/mol. The number of aromatic nitrogens is 1. The lowest BCUT2D eigenvalue weighted by atomic mass is 10.3. The first kappa shape index (κ1) is 14.4. The molecule has 0 fully saturated rings. The average molecular weight is 338 g/mol. The lowest BCUT2D eigenvalue weighted by Gasteiger charge is -2.09. The van der Waals surface area contributed by atoms with Crippen molar-refractivity contribution >= 4 is 57.7 Å². The normalized spacial score (nSPS) is 10.5. The molecule has 1 heterocycles. The van der Waals surface area contributed by atoms with Crippen LogP contribution in [0.15, 0.2) is 16.9 Å². The molecule has 4 nitrogen and oxygen atoms in total. The van der Waals surface area contributed by atoms with Crippen LogP contribution in [0.25, 0.3) is 0 Å². The number of H-pyrrole nitrogens is 1. The third kappa shape index (κ3) is 3.12. The van der Waals surface area contributed by atoms with Gasteiger partial charge >= 0.3 is 4.87 Å². The minimum absolute atomic E-state index is 0.228. The predicted molar refractivity (Wildman–Crippen MR) is 79.1 cm³/mol. The van der Waals surface area contributed by atoms with E-state index in [9.17, 15) is 9.59 Å². The second kappa shape index (κ2) is 5.54. The number of hydrogen-bond donors (Lipinski definition) is 2. The smallest absolute Gasteiger partial charge is 0.305 e. The van der Waals surface area contributed by atoms with Crippen LogP contribution in [0.4, 0.5) is 5.69 Å². The Balaban J connectivity index is 2.34. The number of amides is 1. The number of carbonyl (C=O) groups excluding carboxylic acids is 1. The monoisotopic (exact) mass is 336 g/mol. The Hall–Kier alpha value is -1.01. The van der Waals surface area contributed by atoms with Crippen molar-refractivity contribution in [3.8, 4) is 0 Å². The molecule has 0 bridgehead atoms. The summed E-state index contributed by atoms with van der Waals surface area (Å²) in [6.07, 6.45) is 0. The quantitative estimate of drug-likeness (QED) is 0.871. The molecule has 1 aromatic carbocycles. The molecule has 8 heteroatoms. The van der Waals surface area contributed by atoms with Crippen LogP contribution in [-0.2, 0) is 0 Å². The van der Waals surface area contributed by atoms with Gasteiger partial charge in [-0.2, -0.15) is 0 Å². The highest BCUT2D eigenvalue weighted by atomic mass is 35.5. The number of aromatic amines is 1. The number of hydrogen-bond acceptors (Lipinski definition) is 3. The van der Waals surface area contributed by atoms with Crippen LogP contribution >= 0.6 is 46.1 Å². The summed E-state index contributed by atoms with van der Waals surface area (Å²) in [6.45, 7) is 1.64. The number of carbonyl (C=O) groups is 1. The fourth-order valence-corrected chi connectivity index (χ4v) is 3.10.